The minimum atomic E-state index is 0.843. The summed E-state index contributed by atoms with van der Waals surface area (Å²) in [6, 6.07) is 166. The Balaban J connectivity index is 0.000000139. The minimum absolute atomic E-state index is 0.843. The lowest BCUT2D eigenvalue weighted by Gasteiger charge is -2.32. The Bertz CT molecular complexity index is 7570. The predicted molar refractivity (Wildman–Crippen MR) is 533 cm³/mol. The fraction of sp³-hybridized carbons (Fsp3) is 0. The quantitative estimate of drug-likeness (QED) is 0.127. The lowest BCUT2D eigenvalue weighted by atomic mass is 9.99. The zero-order valence-electron chi connectivity index (χ0n) is 69.2. The van der Waals surface area contributed by atoms with Gasteiger partial charge in [0.25, 0.3) is 0 Å². The van der Waals surface area contributed by atoms with E-state index in [9.17, 15) is 0 Å². The number of fused-ring (bicyclic) bond motifs is 15. The number of benzene rings is 20. The summed E-state index contributed by atoms with van der Waals surface area (Å²) >= 11 is 3.68. The molecule has 0 atom stereocenters. The van der Waals surface area contributed by atoms with Gasteiger partial charge in [-0.05, 0) is 285 Å². The minimum Gasteiger partial charge on any atom is -0.453 e. The first-order valence-electron chi connectivity index (χ1n) is 43.3. The SMILES string of the molecule is c1ccc(-c2ccc(-n3c4ccc(-c5ccc(N6c7ccccc7Oc7ccccc76)cc5)cc4c4cc(-c5ccc(N6c7ccccc7Oc7ccccc76)cc5)ccc43)cc2)cc1.c1ccc2c(c1)Sc1ccccc1N2c1ccc(-c2ccc3c(c2)c2cc(-c4ccc(N5c6ccccc6Sc6ccccc65)cc4)ccc2n3-c2ccc3ccccc3c2)cc1. The summed E-state index contributed by atoms with van der Waals surface area (Å²) in [5.74, 6) is 3.37. The summed E-state index contributed by atoms with van der Waals surface area (Å²) in [5.41, 5.74) is 32.1. The van der Waals surface area contributed by atoms with Crippen molar-refractivity contribution in [3.05, 3.63) is 461 Å². The van der Waals surface area contributed by atoms with E-state index in [1.807, 2.05) is 72.1 Å². The molecule has 8 nitrogen and oxygen atoms in total. The van der Waals surface area contributed by atoms with Gasteiger partial charge in [0.1, 0.15) is 0 Å². The van der Waals surface area contributed by atoms with E-state index in [1.54, 1.807) is 0 Å². The summed E-state index contributed by atoms with van der Waals surface area (Å²) in [6.45, 7) is 0. The van der Waals surface area contributed by atoms with Crippen LogP contribution < -0.4 is 29.1 Å². The molecule has 0 fully saturated rings. The smallest absolute Gasteiger partial charge is 0.151 e. The predicted octanol–water partition coefficient (Wildman–Crippen LogP) is 34.1. The van der Waals surface area contributed by atoms with Gasteiger partial charge in [-0.15, -0.1) is 0 Å². The van der Waals surface area contributed by atoms with Gasteiger partial charge in [-0.2, -0.15) is 0 Å². The zero-order chi connectivity index (χ0) is 84.3. The third kappa shape index (κ3) is 12.9. The second kappa shape index (κ2) is 30.9. The fourth-order valence-electron chi connectivity index (χ4n) is 19.2. The van der Waals surface area contributed by atoms with Crippen LogP contribution in [0.15, 0.2) is 481 Å². The molecule has 128 heavy (non-hydrogen) atoms. The van der Waals surface area contributed by atoms with Crippen molar-refractivity contribution in [2.45, 2.75) is 19.6 Å². The Morgan fingerprint density at radius 2 is 0.391 bits per heavy atom. The monoisotopic (exact) mass is 1670 g/mol. The van der Waals surface area contributed by atoms with Crippen LogP contribution in [0.5, 0.6) is 23.0 Å². The molecule has 4 aliphatic heterocycles. The maximum Gasteiger partial charge on any atom is 0.151 e. The van der Waals surface area contributed by atoms with Crippen molar-refractivity contribution in [3.8, 4) is 90.0 Å². The Kier molecular flexibility index (Phi) is 18.0. The Labute approximate surface area is 749 Å². The molecular formula is C118H76N6O2S2. The van der Waals surface area contributed by atoms with E-state index in [2.05, 4.69) is 441 Å². The van der Waals surface area contributed by atoms with Gasteiger partial charge in [0.2, 0.25) is 0 Å². The molecule has 0 N–H and O–H groups in total. The van der Waals surface area contributed by atoms with Crippen molar-refractivity contribution in [3.63, 3.8) is 0 Å². The van der Waals surface area contributed by atoms with E-state index in [1.165, 1.54) is 119 Å². The lowest BCUT2D eigenvalue weighted by Crippen LogP contribution is -2.15. The zero-order valence-corrected chi connectivity index (χ0v) is 70.8. The highest BCUT2D eigenvalue weighted by molar-refractivity contribution is 8.00. The highest BCUT2D eigenvalue weighted by atomic mass is 32.2. The molecule has 0 saturated heterocycles. The van der Waals surface area contributed by atoms with Crippen molar-refractivity contribution >= 4 is 146 Å². The van der Waals surface area contributed by atoms with E-state index < -0.39 is 0 Å². The average Bonchev–Trinajstić information content (AvgIpc) is 1.68. The van der Waals surface area contributed by atoms with E-state index in [0.717, 1.165) is 113 Å². The van der Waals surface area contributed by atoms with Crippen molar-refractivity contribution in [1.29, 1.82) is 0 Å². The molecule has 0 aliphatic carbocycles. The molecule has 22 aromatic rings. The normalized spacial score (nSPS) is 12.7. The van der Waals surface area contributed by atoms with Crippen LogP contribution in [-0.2, 0) is 0 Å². The third-order valence-electron chi connectivity index (χ3n) is 25.3. The third-order valence-corrected chi connectivity index (χ3v) is 27.6. The second-order valence-electron chi connectivity index (χ2n) is 32.7. The number of aromatic nitrogens is 2. The molecule has 0 radical (unpaired) electrons. The molecule has 0 saturated carbocycles. The van der Waals surface area contributed by atoms with Gasteiger partial charge in [0.05, 0.1) is 67.6 Å². The number of hydrogen-bond donors (Lipinski definition) is 0. The molecule has 602 valence electrons. The molecule has 6 heterocycles. The summed E-state index contributed by atoms with van der Waals surface area (Å²) in [5, 5.41) is 7.33. The van der Waals surface area contributed by atoms with Gasteiger partial charge in [0, 0.05) is 75.3 Å². The molecule has 10 heteroatoms. The molecule has 0 amide bonds. The summed E-state index contributed by atoms with van der Waals surface area (Å²) in [6.07, 6.45) is 0. The largest absolute Gasteiger partial charge is 0.453 e. The van der Waals surface area contributed by atoms with Gasteiger partial charge in [-0.3, -0.25) is 0 Å². The first-order valence-corrected chi connectivity index (χ1v) is 44.9. The Morgan fingerprint density at radius 3 is 0.727 bits per heavy atom. The van der Waals surface area contributed by atoms with Crippen LogP contribution in [0.25, 0.3) is 121 Å². The molecule has 26 rings (SSSR count). The summed E-state index contributed by atoms with van der Waals surface area (Å²) in [4.78, 5) is 14.4. The van der Waals surface area contributed by atoms with Crippen LogP contribution in [-0.4, -0.2) is 9.13 Å². The molecule has 4 aliphatic rings. The number of hydrogen-bond acceptors (Lipinski definition) is 8. The molecule has 0 bridgehead atoms. The summed E-state index contributed by atoms with van der Waals surface area (Å²) < 4.78 is 17.4. The highest BCUT2D eigenvalue weighted by Crippen LogP contribution is 2.57. The lowest BCUT2D eigenvalue weighted by molar-refractivity contribution is 0.477. The van der Waals surface area contributed by atoms with Crippen LogP contribution in [0.4, 0.5) is 68.2 Å². The van der Waals surface area contributed by atoms with Gasteiger partial charge in [0.15, 0.2) is 23.0 Å². The first kappa shape index (κ1) is 74.4. The van der Waals surface area contributed by atoms with Crippen molar-refractivity contribution in [2.24, 2.45) is 0 Å². The van der Waals surface area contributed by atoms with Crippen LogP contribution in [0.1, 0.15) is 0 Å². The number of para-hydroxylation sites is 12. The number of ether oxygens (including phenoxy) is 2. The summed E-state index contributed by atoms with van der Waals surface area (Å²) in [7, 11) is 0. The Morgan fingerprint density at radius 1 is 0.156 bits per heavy atom. The second-order valence-corrected chi connectivity index (χ2v) is 34.9. The fourth-order valence-corrected chi connectivity index (χ4v) is 21.3. The maximum absolute atomic E-state index is 6.30. The van der Waals surface area contributed by atoms with Crippen LogP contribution in [0.3, 0.4) is 0 Å². The number of rotatable bonds is 11. The molecule has 0 unspecified atom stereocenters. The highest BCUT2D eigenvalue weighted by Gasteiger charge is 2.31. The van der Waals surface area contributed by atoms with E-state index in [-0.39, 0.29) is 0 Å². The van der Waals surface area contributed by atoms with Gasteiger partial charge in [-0.1, -0.05) is 266 Å². The van der Waals surface area contributed by atoms with E-state index >= 15 is 0 Å². The first-order chi connectivity index (χ1) is 63.4. The van der Waals surface area contributed by atoms with Crippen molar-refractivity contribution in [2.75, 3.05) is 19.6 Å². The standard InChI is InChI=1S/C60H39N3O2.C58H37N3S2/c1-2-12-40(13-3-1)41-22-30-46(31-23-41)61-51-36-28-44(42-24-32-47(33-25-42)62-53-14-4-8-18-57(53)64-58-19-9-5-15-54(58)62)38-49(51)50-39-45(29-37-52(50)61)43-26-34-48(35-27-43)63-55-16-6-10-20-59(55)65-60-21-11-7-17-56(60)63;1-2-12-41-35-46(32-25-38(41)11-1)61-49-33-26-42(39-21-28-44(29-22-39)59-51-13-3-7-17-55(51)62-56-18-8-4-14-52(56)59)36-47(49)48-37-43(27-34-50(48)61)40-23-30-45(31-24-40)60-53-15-5-9-19-57(53)63-58-20-10-6-16-54(58)60/h1-39H;1-37H. The number of anilines is 12. The molecule has 2 aromatic heterocycles. The van der Waals surface area contributed by atoms with Crippen molar-refractivity contribution in [1.82, 2.24) is 9.13 Å². The molecule has 20 aromatic carbocycles. The average molecular weight is 1670 g/mol. The Hall–Kier alpha value is -16.2. The van der Waals surface area contributed by atoms with Gasteiger partial charge < -0.3 is 38.2 Å². The topological polar surface area (TPSA) is 41.3 Å². The number of nitrogens with zero attached hydrogens (tertiary/aromatic N) is 6. The van der Waals surface area contributed by atoms with Crippen LogP contribution in [0.2, 0.25) is 0 Å². The van der Waals surface area contributed by atoms with E-state index in [0.29, 0.717) is 0 Å². The van der Waals surface area contributed by atoms with E-state index in [4.69, 9.17) is 9.47 Å². The molecule has 0 spiro atoms. The van der Waals surface area contributed by atoms with Crippen LogP contribution >= 0.6 is 23.5 Å². The van der Waals surface area contributed by atoms with Gasteiger partial charge in [-0.25, -0.2) is 0 Å². The molecular weight excluding hydrogens is 1600 g/mol. The maximum atomic E-state index is 6.30. The van der Waals surface area contributed by atoms with Gasteiger partial charge >= 0.3 is 0 Å². The van der Waals surface area contributed by atoms with Crippen LogP contribution in [0, 0.1) is 0 Å². The van der Waals surface area contributed by atoms with Crippen molar-refractivity contribution < 1.29 is 9.47 Å².